The van der Waals surface area contributed by atoms with Crippen LogP contribution >= 0.6 is 15.9 Å². The number of nitrogens with two attached hydrogens (primary N) is 1. The highest BCUT2D eigenvalue weighted by atomic mass is 79.9. The number of likely N-dealkylation sites (tertiary alicyclic amines) is 1. The third-order valence-electron chi connectivity index (χ3n) is 3.86. The van der Waals surface area contributed by atoms with Crippen molar-refractivity contribution >= 4 is 15.9 Å². The second-order valence-electron chi connectivity index (χ2n) is 5.46. The second-order valence-corrected chi connectivity index (χ2v) is 6.31. The fourth-order valence-electron chi connectivity index (χ4n) is 2.63. The Kier molecular flexibility index (Phi) is 6.96. The number of rotatable bonds is 7. The summed E-state index contributed by atoms with van der Waals surface area (Å²) in [5.41, 5.74) is 6.79. The van der Waals surface area contributed by atoms with Crippen molar-refractivity contribution in [3.63, 3.8) is 0 Å². The van der Waals surface area contributed by atoms with Gasteiger partial charge in [0.2, 0.25) is 0 Å². The molecular formula is C16H25BrN2O2. The number of halogens is 1. The van der Waals surface area contributed by atoms with Crippen LogP contribution in [0.2, 0.25) is 0 Å². The van der Waals surface area contributed by atoms with Gasteiger partial charge in [0, 0.05) is 26.2 Å². The summed E-state index contributed by atoms with van der Waals surface area (Å²) >= 11 is 3.54. The fourth-order valence-corrected chi connectivity index (χ4v) is 3.22. The summed E-state index contributed by atoms with van der Waals surface area (Å²) in [7, 11) is 1.69. The van der Waals surface area contributed by atoms with Crippen LogP contribution in [-0.4, -0.2) is 44.4 Å². The number of methoxy groups -OCH3 is 1. The van der Waals surface area contributed by atoms with Gasteiger partial charge in [0.25, 0.3) is 0 Å². The molecule has 0 aromatic heterocycles. The van der Waals surface area contributed by atoms with Crippen LogP contribution in [0.5, 0.6) is 5.75 Å². The molecule has 1 heterocycles. The van der Waals surface area contributed by atoms with Gasteiger partial charge in [-0.15, -0.1) is 0 Å². The maximum Gasteiger partial charge on any atom is 0.133 e. The summed E-state index contributed by atoms with van der Waals surface area (Å²) in [5.74, 6) is 0.880. The zero-order valence-electron chi connectivity index (χ0n) is 12.7. The van der Waals surface area contributed by atoms with Gasteiger partial charge in [0.05, 0.1) is 17.7 Å². The van der Waals surface area contributed by atoms with Gasteiger partial charge >= 0.3 is 0 Å². The minimum Gasteiger partial charge on any atom is -0.496 e. The molecule has 1 aromatic carbocycles. The third kappa shape index (κ3) is 5.25. The molecule has 1 saturated heterocycles. The van der Waals surface area contributed by atoms with E-state index in [4.69, 9.17) is 15.2 Å². The van der Waals surface area contributed by atoms with Crippen LogP contribution in [0.4, 0.5) is 0 Å². The predicted octanol–water partition coefficient (Wildman–Crippen LogP) is 2.79. The molecule has 0 saturated carbocycles. The maximum atomic E-state index is 5.84. The fraction of sp³-hybridized carbons (Fsp3) is 0.625. The van der Waals surface area contributed by atoms with Crippen LogP contribution in [0, 0.1) is 0 Å². The summed E-state index contributed by atoms with van der Waals surface area (Å²) in [5, 5.41) is 0. The molecule has 1 aromatic rings. The number of ether oxygens (including phenoxy) is 2. The predicted molar refractivity (Wildman–Crippen MR) is 88.6 cm³/mol. The quantitative estimate of drug-likeness (QED) is 0.763. The van der Waals surface area contributed by atoms with Crippen LogP contribution in [0.25, 0.3) is 0 Å². The lowest BCUT2D eigenvalue weighted by molar-refractivity contribution is 0.00563. The van der Waals surface area contributed by atoms with Gasteiger partial charge in [-0.2, -0.15) is 0 Å². The Morgan fingerprint density at radius 1 is 1.33 bits per heavy atom. The minimum atomic E-state index is 0.412. The Labute approximate surface area is 135 Å². The first-order valence-corrected chi connectivity index (χ1v) is 8.38. The van der Waals surface area contributed by atoms with Gasteiger partial charge < -0.3 is 15.2 Å². The zero-order chi connectivity index (χ0) is 15.1. The van der Waals surface area contributed by atoms with Gasteiger partial charge in [0.1, 0.15) is 5.75 Å². The van der Waals surface area contributed by atoms with E-state index in [1.165, 1.54) is 5.56 Å². The Hall–Kier alpha value is -0.620. The Morgan fingerprint density at radius 3 is 2.71 bits per heavy atom. The molecule has 2 N–H and O–H groups in total. The lowest BCUT2D eigenvalue weighted by Gasteiger charge is -2.32. The zero-order valence-corrected chi connectivity index (χ0v) is 14.3. The van der Waals surface area contributed by atoms with Crippen LogP contribution in [-0.2, 0) is 11.3 Å². The van der Waals surface area contributed by atoms with E-state index >= 15 is 0 Å². The summed E-state index contributed by atoms with van der Waals surface area (Å²) in [6.07, 6.45) is 3.60. The van der Waals surface area contributed by atoms with E-state index in [2.05, 4.69) is 33.0 Å². The van der Waals surface area contributed by atoms with Gasteiger partial charge in [-0.3, -0.25) is 4.90 Å². The lowest BCUT2D eigenvalue weighted by atomic mass is 10.1. The Bertz CT molecular complexity index is 434. The van der Waals surface area contributed by atoms with Crippen molar-refractivity contribution in [1.29, 1.82) is 0 Å². The monoisotopic (exact) mass is 356 g/mol. The Balaban J connectivity index is 1.77. The van der Waals surface area contributed by atoms with Crippen molar-refractivity contribution in [1.82, 2.24) is 4.90 Å². The third-order valence-corrected chi connectivity index (χ3v) is 4.48. The molecule has 0 radical (unpaired) electrons. The molecule has 0 unspecified atom stereocenters. The first-order valence-electron chi connectivity index (χ1n) is 7.59. The number of hydrogen-bond donors (Lipinski definition) is 1. The molecule has 0 amide bonds. The smallest absolute Gasteiger partial charge is 0.133 e. The van der Waals surface area contributed by atoms with Crippen LogP contribution in [0.15, 0.2) is 22.7 Å². The molecule has 2 rings (SSSR count). The normalized spacial score (nSPS) is 17.1. The summed E-state index contributed by atoms with van der Waals surface area (Å²) < 4.78 is 12.1. The summed E-state index contributed by atoms with van der Waals surface area (Å²) in [6, 6.07) is 6.29. The van der Waals surface area contributed by atoms with Crippen molar-refractivity contribution in [2.75, 3.05) is 33.4 Å². The highest BCUT2D eigenvalue weighted by Crippen LogP contribution is 2.26. The van der Waals surface area contributed by atoms with Gasteiger partial charge in [-0.25, -0.2) is 0 Å². The van der Waals surface area contributed by atoms with Crippen LogP contribution in [0.1, 0.15) is 24.8 Å². The van der Waals surface area contributed by atoms with Gasteiger partial charge in [-0.1, -0.05) is 6.07 Å². The highest BCUT2D eigenvalue weighted by molar-refractivity contribution is 9.10. The topological polar surface area (TPSA) is 47.7 Å². The number of piperidine rings is 1. The number of hydrogen-bond acceptors (Lipinski definition) is 4. The highest BCUT2D eigenvalue weighted by Gasteiger charge is 2.19. The molecule has 0 atom stereocenters. The first-order chi connectivity index (χ1) is 10.2. The van der Waals surface area contributed by atoms with E-state index in [1.54, 1.807) is 7.11 Å². The molecule has 1 aliphatic heterocycles. The molecule has 4 nitrogen and oxygen atoms in total. The molecule has 1 fully saturated rings. The molecule has 0 aliphatic carbocycles. The lowest BCUT2D eigenvalue weighted by Crippen LogP contribution is -2.36. The summed E-state index contributed by atoms with van der Waals surface area (Å²) in [6.45, 7) is 4.68. The van der Waals surface area contributed by atoms with Crippen LogP contribution in [0.3, 0.4) is 0 Å². The van der Waals surface area contributed by atoms with E-state index < -0.39 is 0 Å². The van der Waals surface area contributed by atoms with E-state index in [0.717, 1.165) is 55.7 Å². The second kappa shape index (κ2) is 8.73. The SMILES string of the molecule is COc1ccc(CN2CCC(OCCCN)CC2)cc1Br. The molecule has 0 bridgehead atoms. The van der Waals surface area contributed by atoms with E-state index in [9.17, 15) is 0 Å². The van der Waals surface area contributed by atoms with Gasteiger partial charge in [-0.05, 0) is 59.4 Å². The molecule has 0 spiro atoms. The molecular weight excluding hydrogens is 332 g/mol. The standard InChI is InChI=1S/C16H25BrN2O2/c1-20-16-4-3-13(11-15(16)17)12-19-8-5-14(6-9-19)21-10-2-7-18/h3-4,11,14H,2,5-10,12,18H2,1H3. The molecule has 1 aliphatic rings. The van der Waals surface area contributed by atoms with Crippen molar-refractivity contribution in [2.24, 2.45) is 5.73 Å². The minimum absolute atomic E-state index is 0.412. The maximum absolute atomic E-state index is 5.84. The average Bonchev–Trinajstić information content (AvgIpc) is 2.49. The molecule has 5 heteroatoms. The van der Waals surface area contributed by atoms with Crippen LogP contribution < -0.4 is 10.5 Å². The molecule has 21 heavy (non-hydrogen) atoms. The first kappa shape index (κ1) is 16.7. The van der Waals surface area contributed by atoms with E-state index in [-0.39, 0.29) is 0 Å². The van der Waals surface area contributed by atoms with Crippen molar-refractivity contribution < 1.29 is 9.47 Å². The van der Waals surface area contributed by atoms with Crippen molar-refractivity contribution in [3.05, 3.63) is 28.2 Å². The molecule has 118 valence electrons. The summed E-state index contributed by atoms with van der Waals surface area (Å²) in [4.78, 5) is 2.48. The van der Waals surface area contributed by atoms with E-state index in [0.29, 0.717) is 12.6 Å². The van der Waals surface area contributed by atoms with Gasteiger partial charge in [0.15, 0.2) is 0 Å². The van der Waals surface area contributed by atoms with E-state index in [1.807, 2.05) is 6.07 Å². The largest absolute Gasteiger partial charge is 0.496 e. The Morgan fingerprint density at radius 2 is 2.10 bits per heavy atom. The average molecular weight is 357 g/mol. The number of benzene rings is 1. The van der Waals surface area contributed by atoms with Crippen molar-refractivity contribution in [3.8, 4) is 5.75 Å². The van der Waals surface area contributed by atoms with Crippen molar-refractivity contribution in [2.45, 2.75) is 31.9 Å². The number of nitrogens with zero attached hydrogens (tertiary/aromatic N) is 1.